The van der Waals surface area contributed by atoms with Crippen LogP contribution < -0.4 is 10.5 Å². The Morgan fingerprint density at radius 2 is 2.27 bits per heavy atom. The molecule has 2 nitrogen and oxygen atoms in total. The van der Waals surface area contributed by atoms with Crippen LogP contribution in [0.1, 0.15) is 12.0 Å². The molecule has 2 heteroatoms. The fourth-order valence-electron chi connectivity index (χ4n) is 1.23. The van der Waals surface area contributed by atoms with Crippen LogP contribution in [0.15, 0.2) is 18.2 Å². The summed E-state index contributed by atoms with van der Waals surface area (Å²) in [5.74, 6) is 2.13. The molecule has 0 aromatic heterocycles. The van der Waals surface area contributed by atoms with E-state index in [-0.39, 0.29) is 0 Å². The lowest BCUT2D eigenvalue weighted by atomic mass is 10.1. The zero-order valence-corrected chi connectivity index (χ0v) is 6.34. The maximum Gasteiger partial charge on any atom is 0.173 e. The van der Waals surface area contributed by atoms with E-state index >= 15 is 0 Å². The van der Waals surface area contributed by atoms with E-state index in [1.165, 1.54) is 5.56 Å². The molecular weight excluding hydrogens is 138 g/mol. The van der Waals surface area contributed by atoms with Crippen molar-refractivity contribution >= 4 is 0 Å². The molecule has 1 aromatic rings. The van der Waals surface area contributed by atoms with E-state index in [0.29, 0.717) is 0 Å². The van der Waals surface area contributed by atoms with Crippen molar-refractivity contribution in [2.45, 2.75) is 12.8 Å². The maximum atomic E-state index is 5.40. The molecule has 58 valence electrons. The molecular formula is C9H11NO. The Balaban J connectivity index is 2.09. The zero-order valence-electron chi connectivity index (χ0n) is 6.34. The van der Waals surface area contributed by atoms with E-state index in [2.05, 4.69) is 6.07 Å². The highest BCUT2D eigenvalue weighted by Gasteiger charge is 2.22. The molecule has 0 spiro atoms. The normalized spacial score (nSPS) is 12.1. The number of aryl methyl sites for hydroxylation is 1. The number of nitrogens with two attached hydrogens (primary N) is 1. The van der Waals surface area contributed by atoms with Gasteiger partial charge < -0.3 is 10.5 Å². The van der Waals surface area contributed by atoms with Crippen molar-refractivity contribution in [2.75, 3.05) is 6.54 Å². The third-order valence-corrected chi connectivity index (χ3v) is 1.88. The van der Waals surface area contributed by atoms with Crippen molar-refractivity contribution in [3.63, 3.8) is 0 Å². The molecule has 0 amide bonds. The summed E-state index contributed by atoms with van der Waals surface area (Å²) in [6.07, 6.45) is 2.08. The fraction of sp³-hybridized carbons (Fsp3) is 0.333. The van der Waals surface area contributed by atoms with Crippen molar-refractivity contribution in [2.24, 2.45) is 5.73 Å². The lowest BCUT2D eigenvalue weighted by molar-refractivity contribution is 0.641. The highest BCUT2D eigenvalue weighted by Crippen LogP contribution is 2.47. The summed E-state index contributed by atoms with van der Waals surface area (Å²) in [6, 6.07) is 6.11. The molecule has 0 bridgehead atoms. The third kappa shape index (κ3) is 1.21. The average Bonchev–Trinajstić information content (AvgIpc) is 2.79. The number of hydrogen-bond donors (Lipinski definition) is 1. The molecule has 0 unspecified atom stereocenters. The Morgan fingerprint density at radius 1 is 1.36 bits per heavy atom. The van der Waals surface area contributed by atoms with E-state index in [0.717, 1.165) is 30.9 Å². The van der Waals surface area contributed by atoms with Crippen molar-refractivity contribution in [3.05, 3.63) is 23.8 Å². The second-order valence-electron chi connectivity index (χ2n) is 2.74. The molecule has 2 N–H and O–H groups in total. The molecule has 0 radical (unpaired) electrons. The summed E-state index contributed by atoms with van der Waals surface area (Å²) >= 11 is 0. The van der Waals surface area contributed by atoms with Crippen molar-refractivity contribution in [3.8, 4) is 11.5 Å². The van der Waals surface area contributed by atoms with Gasteiger partial charge in [0.2, 0.25) is 0 Å². The smallest absolute Gasteiger partial charge is 0.173 e. The van der Waals surface area contributed by atoms with Gasteiger partial charge in [0, 0.05) is 0 Å². The molecule has 1 heterocycles. The largest absolute Gasteiger partial charge is 0.449 e. The van der Waals surface area contributed by atoms with Crippen LogP contribution in [0.4, 0.5) is 0 Å². The Labute approximate surface area is 66.0 Å². The number of ether oxygens (including phenoxy) is 1. The second kappa shape index (κ2) is 2.55. The minimum atomic E-state index is 0.754. The van der Waals surface area contributed by atoms with E-state index in [1.807, 2.05) is 12.1 Å². The Morgan fingerprint density at radius 3 is 3.09 bits per heavy atom. The van der Waals surface area contributed by atoms with Gasteiger partial charge in [-0.25, -0.2) is 0 Å². The monoisotopic (exact) mass is 149 g/mol. The second-order valence-corrected chi connectivity index (χ2v) is 2.74. The SMILES string of the molecule is NCCCc1cccc2c1O2. The van der Waals surface area contributed by atoms with Crippen LogP contribution >= 0.6 is 0 Å². The van der Waals surface area contributed by atoms with Gasteiger partial charge in [-0.2, -0.15) is 0 Å². The Hall–Kier alpha value is -1.02. The summed E-state index contributed by atoms with van der Waals surface area (Å²) in [7, 11) is 0. The van der Waals surface area contributed by atoms with Gasteiger partial charge in [-0.05, 0) is 31.0 Å². The number of para-hydroxylation sites is 1. The molecule has 1 aliphatic rings. The first-order valence-corrected chi connectivity index (χ1v) is 3.91. The lowest BCUT2D eigenvalue weighted by Crippen LogP contribution is -1.99. The van der Waals surface area contributed by atoms with Crippen molar-refractivity contribution in [1.29, 1.82) is 0 Å². The molecule has 0 aliphatic carbocycles. The first-order valence-electron chi connectivity index (χ1n) is 3.91. The highest BCUT2D eigenvalue weighted by atomic mass is 16.6. The summed E-state index contributed by atoms with van der Waals surface area (Å²) < 4.78 is 5.22. The van der Waals surface area contributed by atoms with Gasteiger partial charge in [0.1, 0.15) is 0 Å². The molecule has 2 rings (SSSR count). The van der Waals surface area contributed by atoms with Crippen molar-refractivity contribution < 1.29 is 4.74 Å². The zero-order chi connectivity index (χ0) is 7.68. The molecule has 0 fully saturated rings. The number of benzene rings is 1. The number of fused-ring (bicyclic) bond motifs is 1. The Bertz CT molecular complexity index is 270. The highest BCUT2D eigenvalue weighted by molar-refractivity contribution is 5.59. The number of hydrogen-bond acceptors (Lipinski definition) is 2. The third-order valence-electron chi connectivity index (χ3n) is 1.88. The molecule has 11 heavy (non-hydrogen) atoms. The Kier molecular flexibility index (Phi) is 1.55. The average molecular weight is 149 g/mol. The number of rotatable bonds is 3. The van der Waals surface area contributed by atoms with Crippen LogP contribution in [-0.4, -0.2) is 6.54 Å². The minimum Gasteiger partial charge on any atom is -0.449 e. The molecule has 1 aliphatic heterocycles. The molecule has 1 aromatic carbocycles. The maximum absolute atomic E-state index is 5.40. The van der Waals surface area contributed by atoms with Crippen molar-refractivity contribution in [1.82, 2.24) is 0 Å². The van der Waals surface area contributed by atoms with Gasteiger partial charge in [0.05, 0.1) is 0 Å². The molecule has 0 atom stereocenters. The molecule has 0 saturated carbocycles. The van der Waals surface area contributed by atoms with Crippen LogP contribution in [0.2, 0.25) is 0 Å². The summed E-state index contributed by atoms with van der Waals surface area (Å²) in [5.41, 5.74) is 6.70. The summed E-state index contributed by atoms with van der Waals surface area (Å²) in [5, 5.41) is 0. The first kappa shape index (κ1) is 6.68. The van der Waals surface area contributed by atoms with Crippen LogP contribution in [0.25, 0.3) is 0 Å². The van der Waals surface area contributed by atoms with E-state index in [4.69, 9.17) is 10.5 Å². The quantitative estimate of drug-likeness (QED) is 0.674. The van der Waals surface area contributed by atoms with Gasteiger partial charge in [0.25, 0.3) is 0 Å². The van der Waals surface area contributed by atoms with Crippen LogP contribution in [0.3, 0.4) is 0 Å². The van der Waals surface area contributed by atoms with E-state index in [1.54, 1.807) is 0 Å². The van der Waals surface area contributed by atoms with Gasteiger partial charge in [-0.15, -0.1) is 0 Å². The topological polar surface area (TPSA) is 38.5 Å². The molecule has 0 saturated heterocycles. The van der Waals surface area contributed by atoms with Gasteiger partial charge in [-0.3, -0.25) is 0 Å². The van der Waals surface area contributed by atoms with E-state index < -0.39 is 0 Å². The van der Waals surface area contributed by atoms with Gasteiger partial charge >= 0.3 is 0 Å². The lowest BCUT2D eigenvalue weighted by Gasteiger charge is -1.93. The van der Waals surface area contributed by atoms with Crippen LogP contribution in [0.5, 0.6) is 11.5 Å². The fourth-order valence-corrected chi connectivity index (χ4v) is 1.23. The van der Waals surface area contributed by atoms with Crippen LogP contribution in [0, 0.1) is 0 Å². The summed E-state index contributed by atoms with van der Waals surface area (Å²) in [4.78, 5) is 0. The van der Waals surface area contributed by atoms with Gasteiger partial charge in [-0.1, -0.05) is 12.1 Å². The minimum absolute atomic E-state index is 0.754. The van der Waals surface area contributed by atoms with E-state index in [9.17, 15) is 0 Å². The summed E-state index contributed by atoms with van der Waals surface area (Å²) in [6.45, 7) is 0.754. The van der Waals surface area contributed by atoms with Crippen LogP contribution in [-0.2, 0) is 6.42 Å². The predicted octanol–water partition coefficient (Wildman–Crippen LogP) is 1.68. The van der Waals surface area contributed by atoms with Gasteiger partial charge in [0.15, 0.2) is 11.5 Å². The standard InChI is InChI=1S/C9H11NO/c10-6-2-4-7-3-1-5-8-9(7)11-8/h1,3,5H,2,4,6,10H2. The first-order chi connectivity index (χ1) is 5.42. The predicted molar refractivity (Wildman–Crippen MR) is 43.9 cm³/mol.